The summed E-state index contributed by atoms with van der Waals surface area (Å²) in [6.45, 7) is 8.39. The van der Waals surface area contributed by atoms with Gasteiger partial charge >= 0.3 is 6.09 Å². The summed E-state index contributed by atoms with van der Waals surface area (Å²) in [6.07, 6.45) is 0.879. The first-order chi connectivity index (χ1) is 16.5. The number of ether oxygens (including phenoxy) is 1. The number of carbonyl (C=O) groups is 2. The monoisotopic (exact) mass is 473 g/mol. The van der Waals surface area contributed by atoms with Gasteiger partial charge < -0.3 is 14.4 Å². The van der Waals surface area contributed by atoms with Crippen molar-refractivity contribution in [3.8, 4) is 0 Å². The number of fused-ring (bicyclic) bond motifs is 2. The van der Waals surface area contributed by atoms with Crippen LogP contribution in [0.15, 0.2) is 65.1 Å². The molecule has 4 aromatic rings. The molecular formula is C27H27N3O5. The zero-order chi connectivity index (χ0) is 25.3. The molecular weight excluding hydrogens is 446 g/mol. The summed E-state index contributed by atoms with van der Waals surface area (Å²) in [4.78, 5) is 31.9. The molecule has 0 saturated carbocycles. The SMILES string of the molecule is CC(=CCN(C(=O)OC(C)(C)C)C(=O)c1nc2ccccc2[n+]([O-])c1C)c1cc2ccccc2o1. The highest BCUT2D eigenvalue weighted by Crippen LogP contribution is 2.24. The van der Waals surface area contributed by atoms with Gasteiger partial charge in [-0.2, -0.15) is 4.73 Å². The van der Waals surface area contributed by atoms with Crippen molar-refractivity contribution in [3.05, 3.63) is 83.0 Å². The zero-order valence-corrected chi connectivity index (χ0v) is 20.4. The molecule has 8 nitrogen and oxygen atoms in total. The number of nitrogens with zero attached hydrogens (tertiary/aromatic N) is 3. The molecule has 0 radical (unpaired) electrons. The number of para-hydroxylation sites is 3. The molecule has 0 bridgehead atoms. The number of rotatable bonds is 4. The Labute approximate surface area is 203 Å². The number of amides is 2. The Morgan fingerprint density at radius 2 is 1.83 bits per heavy atom. The smallest absolute Gasteiger partial charge is 0.417 e. The maximum absolute atomic E-state index is 13.5. The molecule has 0 fully saturated rings. The predicted octanol–water partition coefficient (Wildman–Crippen LogP) is 5.40. The van der Waals surface area contributed by atoms with Gasteiger partial charge in [0.25, 0.3) is 5.91 Å². The Morgan fingerprint density at radius 3 is 2.54 bits per heavy atom. The topological polar surface area (TPSA) is 99.6 Å². The molecule has 8 heteroatoms. The molecule has 0 aliphatic rings. The second-order valence-electron chi connectivity index (χ2n) is 9.26. The second-order valence-corrected chi connectivity index (χ2v) is 9.26. The molecule has 0 N–H and O–H groups in total. The van der Waals surface area contributed by atoms with Crippen molar-refractivity contribution < 1.29 is 23.5 Å². The van der Waals surface area contributed by atoms with Crippen molar-refractivity contribution in [2.45, 2.75) is 40.2 Å². The van der Waals surface area contributed by atoms with Crippen LogP contribution in [0.5, 0.6) is 0 Å². The van der Waals surface area contributed by atoms with Gasteiger partial charge in [0.2, 0.25) is 11.2 Å². The molecule has 2 aromatic carbocycles. The second kappa shape index (κ2) is 9.21. The molecule has 2 aromatic heterocycles. The highest BCUT2D eigenvalue weighted by atomic mass is 16.6. The van der Waals surface area contributed by atoms with E-state index in [2.05, 4.69) is 4.98 Å². The number of carbonyl (C=O) groups excluding carboxylic acids is 2. The molecule has 180 valence electrons. The van der Waals surface area contributed by atoms with E-state index in [1.54, 1.807) is 51.1 Å². The lowest BCUT2D eigenvalue weighted by Crippen LogP contribution is -2.43. The lowest BCUT2D eigenvalue weighted by Gasteiger charge is -2.25. The quantitative estimate of drug-likeness (QED) is 0.290. The van der Waals surface area contributed by atoms with E-state index in [9.17, 15) is 14.8 Å². The van der Waals surface area contributed by atoms with Gasteiger partial charge in [-0.05, 0) is 51.5 Å². The first kappa shape index (κ1) is 23.9. The van der Waals surface area contributed by atoms with Gasteiger partial charge in [-0.25, -0.2) is 14.7 Å². The summed E-state index contributed by atoms with van der Waals surface area (Å²) in [5, 5.41) is 13.7. The van der Waals surface area contributed by atoms with E-state index in [1.807, 2.05) is 37.3 Å². The number of hydrogen-bond acceptors (Lipinski definition) is 6. The minimum Gasteiger partial charge on any atom is -0.618 e. The average Bonchev–Trinajstić information content (AvgIpc) is 3.24. The molecule has 2 heterocycles. The number of benzene rings is 2. The summed E-state index contributed by atoms with van der Waals surface area (Å²) >= 11 is 0. The van der Waals surface area contributed by atoms with Crippen molar-refractivity contribution in [2.24, 2.45) is 0 Å². The fourth-order valence-electron chi connectivity index (χ4n) is 3.60. The van der Waals surface area contributed by atoms with E-state index in [0.717, 1.165) is 21.4 Å². The fraction of sp³-hybridized carbons (Fsp3) is 0.259. The number of hydrogen-bond donors (Lipinski definition) is 0. The molecule has 0 aliphatic carbocycles. The van der Waals surface area contributed by atoms with Crippen LogP contribution in [-0.2, 0) is 4.74 Å². The van der Waals surface area contributed by atoms with Gasteiger partial charge in [-0.1, -0.05) is 36.4 Å². The van der Waals surface area contributed by atoms with Crippen molar-refractivity contribution >= 4 is 39.6 Å². The largest absolute Gasteiger partial charge is 0.618 e. The van der Waals surface area contributed by atoms with Crippen LogP contribution >= 0.6 is 0 Å². The van der Waals surface area contributed by atoms with E-state index < -0.39 is 17.6 Å². The number of aromatic nitrogens is 2. The Morgan fingerprint density at radius 1 is 1.14 bits per heavy atom. The standard InChI is InChI=1S/C27H27N3O5/c1-17(23-16-19-10-6-9-13-22(19)34-23)14-15-29(26(32)35-27(3,4)5)25(31)24-18(2)30(33)21-12-8-7-11-20(21)28-24/h6-14,16H,15H2,1-5H3. The number of furan rings is 1. The Bertz CT molecular complexity index is 1430. The maximum Gasteiger partial charge on any atom is 0.417 e. The van der Waals surface area contributed by atoms with Crippen molar-refractivity contribution in [3.63, 3.8) is 0 Å². The summed E-state index contributed by atoms with van der Waals surface area (Å²) in [5.41, 5.74) is 1.34. The van der Waals surface area contributed by atoms with Crippen LogP contribution < -0.4 is 4.73 Å². The number of imide groups is 1. The molecule has 0 spiro atoms. The van der Waals surface area contributed by atoms with Crippen molar-refractivity contribution in [1.29, 1.82) is 0 Å². The van der Waals surface area contributed by atoms with E-state index >= 15 is 0 Å². The predicted molar refractivity (Wildman–Crippen MR) is 133 cm³/mol. The van der Waals surface area contributed by atoms with Crippen molar-refractivity contribution in [1.82, 2.24) is 9.88 Å². The molecule has 0 aliphatic heterocycles. The van der Waals surface area contributed by atoms with Crippen LogP contribution in [0.3, 0.4) is 0 Å². The molecule has 4 rings (SSSR count). The van der Waals surface area contributed by atoms with Crippen LogP contribution in [0.2, 0.25) is 0 Å². The van der Waals surface area contributed by atoms with E-state index in [-0.39, 0.29) is 17.9 Å². The van der Waals surface area contributed by atoms with Gasteiger partial charge in [0.1, 0.15) is 22.5 Å². The summed E-state index contributed by atoms with van der Waals surface area (Å²) in [7, 11) is 0. The van der Waals surface area contributed by atoms with Crippen LogP contribution in [0.1, 0.15) is 49.6 Å². The summed E-state index contributed by atoms with van der Waals surface area (Å²) in [6, 6.07) is 16.2. The lowest BCUT2D eigenvalue weighted by atomic mass is 10.2. The molecule has 35 heavy (non-hydrogen) atoms. The van der Waals surface area contributed by atoms with Crippen molar-refractivity contribution in [2.75, 3.05) is 6.54 Å². The van der Waals surface area contributed by atoms with Gasteiger partial charge in [0.05, 0.1) is 6.54 Å². The third-order valence-corrected chi connectivity index (χ3v) is 5.44. The van der Waals surface area contributed by atoms with Crippen LogP contribution in [0, 0.1) is 12.1 Å². The molecule has 0 saturated heterocycles. The van der Waals surface area contributed by atoms with Gasteiger partial charge in [0, 0.05) is 18.4 Å². The summed E-state index contributed by atoms with van der Waals surface area (Å²) in [5.74, 6) is -0.0963. The van der Waals surface area contributed by atoms with E-state index in [1.165, 1.54) is 6.92 Å². The average molecular weight is 474 g/mol. The fourth-order valence-corrected chi connectivity index (χ4v) is 3.60. The first-order valence-electron chi connectivity index (χ1n) is 11.2. The lowest BCUT2D eigenvalue weighted by molar-refractivity contribution is -0.584. The highest BCUT2D eigenvalue weighted by Gasteiger charge is 2.32. The van der Waals surface area contributed by atoms with Crippen LogP contribution in [-0.4, -0.2) is 34.0 Å². The van der Waals surface area contributed by atoms with E-state index in [0.29, 0.717) is 21.5 Å². The first-order valence-corrected chi connectivity index (χ1v) is 11.2. The highest BCUT2D eigenvalue weighted by molar-refractivity contribution is 6.03. The van der Waals surface area contributed by atoms with Crippen LogP contribution in [0.4, 0.5) is 4.79 Å². The Hall–Kier alpha value is -4.20. The van der Waals surface area contributed by atoms with Gasteiger partial charge in [0.15, 0.2) is 5.69 Å². The summed E-state index contributed by atoms with van der Waals surface area (Å²) < 4.78 is 12.0. The molecule has 2 amide bonds. The Kier molecular flexibility index (Phi) is 6.30. The minimum atomic E-state index is -0.831. The normalized spacial score (nSPS) is 12.2. The third kappa shape index (κ3) is 5.01. The Balaban J connectivity index is 1.71. The maximum atomic E-state index is 13.5. The molecule has 0 atom stereocenters. The minimum absolute atomic E-state index is 0.0938. The van der Waals surface area contributed by atoms with Crippen LogP contribution in [0.25, 0.3) is 27.6 Å². The van der Waals surface area contributed by atoms with Gasteiger partial charge in [-0.3, -0.25) is 4.79 Å². The number of allylic oxidation sites excluding steroid dienone is 1. The zero-order valence-electron chi connectivity index (χ0n) is 20.4. The molecule has 0 unspecified atom stereocenters. The van der Waals surface area contributed by atoms with Gasteiger partial charge in [-0.15, -0.1) is 0 Å². The van der Waals surface area contributed by atoms with E-state index in [4.69, 9.17) is 9.15 Å². The third-order valence-electron chi connectivity index (χ3n) is 5.44.